The molecular formula is C11H23NO3S. The zero-order valence-corrected chi connectivity index (χ0v) is 11.4. The van der Waals surface area contributed by atoms with Gasteiger partial charge in [0.15, 0.2) is 9.84 Å². The van der Waals surface area contributed by atoms with E-state index in [1.54, 1.807) is 13.8 Å². The molecule has 16 heavy (non-hydrogen) atoms. The van der Waals surface area contributed by atoms with E-state index < -0.39 is 14.6 Å². The molecule has 1 aliphatic heterocycles. The molecule has 0 saturated carbocycles. The highest BCUT2D eigenvalue weighted by Gasteiger charge is 2.42. The van der Waals surface area contributed by atoms with Crippen molar-refractivity contribution in [3.05, 3.63) is 0 Å². The van der Waals surface area contributed by atoms with Gasteiger partial charge in [-0.25, -0.2) is 8.42 Å². The third-order valence-electron chi connectivity index (χ3n) is 3.75. The summed E-state index contributed by atoms with van der Waals surface area (Å²) in [5.41, 5.74) is 0. The van der Waals surface area contributed by atoms with Crippen LogP contribution >= 0.6 is 0 Å². The Morgan fingerprint density at radius 2 is 1.81 bits per heavy atom. The molecule has 0 spiro atoms. The second-order valence-electron chi connectivity index (χ2n) is 5.09. The van der Waals surface area contributed by atoms with Gasteiger partial charge in [0.25, 0.3) is 0 Å². The summed E-state index contributed by atoms with van der Waals surface area (Å²) in [5.74, 6) is 0.378. The normalized spacial score (nSPS) is 22.0. The van der Waals surface area contributed by atoms with Crippen LogP contribution in [0.5, 0.6) is 0 Å². The highest BCUT2D eigenvalue weighted by atomic mass is 32.2. The van der Waals surface area contributed by atoms with Crippen LogP contribution in [0.2, 0.25) is 0 Å². The predicted molar refractivity (Wildman–Crippen MR) is 65.3 cm³/mol. The van der Waals surface area contributed by atoms with Gasteiger partial charge in [0.05, 0.1) is 4.75 Å². The molecule has 0 aliphatic carbocycles. The van der Waals surface area contributed by atoms with Gasteiger partial charge in [-0.1, -0.05) is 0 Å². The molecule has 0 bridgehead atoms. The van der Waals surface area contributed by atoms with E-state index in [2.05, 4.69) is 5.32 Å². The van der Waals surface area contributed by atoms with Gasteiger partial charge in [0, 0.05) is 25.5 Å². The van der Waals surface area contributed by atoms with E-state index in [-0.39, 0.29) is 6.04 Å². The lowest BCUT2D eigenvalue weighted by atomic mass is 9.84. The Kier molecular flexibility index (Phi) is 4.37. The molecule has 1 fully saturated rings. The average molecular weight is 249 g/mol. The van der Waals surface area contributed by atoms with Gasteiger partial charge >= 0.3 is 0 Å². The Hall–Kier alpha value is -0.130. The highest BCUT2D eigenvalue weighted by Crippen LogP contribution is 2.30. The lowest BCUT2D eigenvalue weighted by Crippen LogP contribution is -2.55. The lowest BCUT2D eigenvalue weighted by Gasteiger charge is -2.39. The minimum atomic E-state index is -3.07. The number of rotatable bonds is 4. The van der Waals surface area contributed by atoms with E-state index in [0.29, 0.717) is 5.92 Å². The van der Waals surface area contributed by atoms with Crippen molar-refractivity contribution in [3.63, 3.8) is 0 Å². The Labute approximate surface area is 98.7 Å². The minimum Gasteiger partial charge on any atom is -0.381 e. The fraction of sp³-hybridized carbons (Fsp3) is 1.00. The van der Waals surface area contributed by atoms with Gasteiger partial charge in [-0.05, 0) is 39.7 Å². The molecule has 1 heterocycles. The van der Waals surface area contributed by atoms with Crippen LogP contribution in [0.1, 0.15) is 26.7 Å². The smallest absolute Gasteiger partial charge is 0.154 e. The Balaban J connectivity index is 2.88. The van der Waals surface area contributed by atoms with Gasteiger partial charge in [0.2, 0.25) is 0 Å². The zero-order valence-electron chi connectivity index (χ0n) is 10.6. The first-order valence-corrected chi connectivity index (χ1v) is 7.64. The van der Waals surface area contributed by atoms with Crippen molar-refractivity contribution < 1.29 is 13.2 Å². The van der Waals surface area contributed by atoms with Crippen LogP contribution in [0.4, 0.5) is 0 Å². The molecule has 1 atom stereocenters. The molecule has 4 nitrogen and oxygen atoms in total. The lowest BCUT2D eigenvalue weighted by molar-refractivity contribution is 0.0503. The van der Waals surface area contributed by atoms with Gasteiger partial charge < -0.3 is 10.1 Å². The largest absolute Gasteiger partial charge is 0.381 e. The number of sulfone groups is 1. The first kappa shape index (κ1) is 13.9. The van der Waals surface area contributed by atoms with Gasteiger partial charge in [-0.15, -0.1) is 0 Å². The number of ether oxygens (including phenoxy) is 1. The molecule has 5 heteroatoms. The van der Waals surface area contributed by atoms with Crippen LogP contribution in [0, 0.1) is 5.92 Å². The Morgan fingerprint density at radius 3 is 2.19 bits per heavy atom. The molecule has 0 aromatic rings. The summed E-state index contributed by atoms with van der Waals surface area (Å²) in [7, 11) is -1.23. The van der Waals surface area contributed by atoms with Crippen LogP contribution in [-0.4, -0.2) is 45.7 Å². The SMILES string of the molecule is CNC(C1CCOCC1)C(C)(C)S(C)(=O)=O. The minimum absolute atomic E-state index is 0.00796. The van der Waals surface area contributed by atoms with Gasteiger partial charge in [-0.2, -0.15) is 0 Å². The van der Waals surface area contributed by atoms with Crippen molar-refractivity contribution in [2.24, 2.45) is 5.92 Å². The molecule has 1 N–H and O–H groups in total. The monoisotopic (exact) mass is 249 g/mol. The number of hydrogen-bond donors (Lipinski definition) is 1. The van der Waals surface area contributed by atoms with Crippen LogP contribution in [0.15, 0.2) is 0 Å². The first-order valence-electron chi connectivity index (χ1n) is 5.75. The first-order chi connectivity index (χ1) is 7.30. The summed E-state index contributed by atoms with van der Waals surface area (Å²) >= 11 is 0. The van der Waals surface area contributed by atoms with Crippen LogP contribution < -0.4 is 5.32 Å². The van der Waals surface area contributed by atoms with Crippen molar-refractivity contribution in [1.29, 1.82) is 0 Å². The molecule has 0 aromatic carbocycles. The molecule has 1 rings (SSSR count). The summed E-state index contributed by atoms with van der Waals surface area (Å²) in [6, 6.07) is -0.00796. The molecule has 0 amide bonds. The van der Waals surface area contributed by atoms with Crippen molar-refractivity contribution in [3.8, 4) is 0 Å². The van der Waals surface area contributed by atoms with Crippen molar-refractivity contribution in [1.82, 2.24) is 5.32 Å². The Bertz CT molecular complexity index is 318. The van der Waals surface area contributed by atoms with E-state index >= 15 is 0 Å². The van der Waals surface area contributed by atoms with Crippen molar-refractivity contribution in [2.45, 2.75) is 37.5 Å². The number of nitrogens with one attached hydrogen (secondary N) is 1. The highest BCUT2D eigenvalue weighted by molar-refractivity contribution is 7.92. The molecule has 1 unspecified atom stereocenters. The van der Waals surface area contributed by atoms with E-state index in [9.17, 15) is 8.42 Å². The molecule has 1 aliphatic rings. The zero-order chi connectivity index (χ0) is 12.4. The van der Waals surface area contributed by atoms with Gasteiger partial charge in [-0.3, -0.25) is 0 Å². The molecular weight excluding hydrogens is 226 g/mol. The summed E-state index contributed by atoms with van der Waals surface area (Å²) < 4.78 is 28.2. The maximum absolute atomic E-state index is 11.8. The topological polar surface area (TPSA) is 55.4 Å². The Morgan fingerprint density at radius 1 is 1.31 bits per heavy atom. The molecule has 0 radical (unpaired) electrons. The molecule has 96 valence electrons. The number of hydrogen-bond acceptors (Lipinski definition) is 4. The van der Waals surface area contributed by atoms with Crippen LogP contribution in [-0.2, 0) is 14.6 Å². The predicted octanol–water partition coefficient (Wildman–Crippen LogP) is 0.824. The maximum Gasteiger partial charge on any atom is 0.154 e. The van der Waals surface area contributed by atoms with Crippen molar-refractivity contribution in [2.75, 3.05) is 26.5 Å². The van der Waals surface area contributed by atoms with Gasteiger partial charge in [0.1, 0.15) is 0 Å². The molecule has 1 saturated heterocycles. The summed E-state index contributed by atoms with van der Waals surface area (Å²) in [4.78, 5) is 0. The fourth-order valence-electron chi connectivity index (χ4n) is 2.43. The quantitative estimate of drug-likeness (QED) is 0.801. The summed E-state index contributed by atoms with van der Waals surface area (Å²) in [6.07, 6.45) is 3.19. The fourth-order valence-corrected chi connectivity index (χ4v) is 3.20. The standard InChI is InChI=1S/C11H23NO3S/c1-11(2,16(4,13)14)10(12-3)9-5-7-15-8-6-9/h9-10,12H,5-8H2,1-4H3. The van der Waals surface area contributed by atoms with Crippen LogP contribution in [0.3, 0.4) is 0 Å². The molecule has 0 aromatic heterocycles. The van der Waals surface area contributed by atoms with Crippen LogP contribution in [0.25, 0.3) is 0 Å². The third kappa shape index (κ3) is 2.76. The van der Waals surface area contributed by atoms with E-state index in [1.165, 1.54) is 6.26 Å². The summed E-state index contributed by atoms with van der Waals surface area (Å²) in [5, 5.41) is 3.18. The summed E-state index contributed by atoms with van der Waals surface area (Å²) in [6.45, 7) is 5.09. The average Bonchev–Trinajstić information content (AvgIpc) is 2.18. The van der Waals surface area contributed by atoms with E-state index in [4.69, 9.17) is 4.74 Å². The second kappa shape index (κ2) is 5.02. The third-order valence-corrected chi connectivity index (χ3v) is 5.92. The second-order valence-corrected chi connectivity index (χ2v) is 7.69. The maximum atomic E-state index is 11.8. The van der Waals surface area contributed by atoms with Crippen molar-refractivity contribution >= 4 is 9.84 Å². The van der Waals surface area contributed by atoms with E-state index in [1.807, 2.05) is 7.05 Å². The van der Waals surface area contributed by atoms with E-state index in [0.717, 1.165) is 26.1 Å².